The van der Waals surface area contributed by atoms with Gasteiger partial charge in [-0.05, 0) is 55.0 Å². The summed E-state index contributed by atoms with van der Waals surface area (Å²) in [5.74, 6) is 0.0383. The number of hydrogen-bond acceptors (Lipinski definition) is 3. The summed E-state index contributed by atoms with van der Waals surface area (Å²) >= 11 is 0. The second-order valence-corrected chi connectivity index (χ2v) is 8.66. The Labute approximate surface area is 178 Å². The predicted molar refractivity (Wildman–Crippen MR) is 123 cm³/mol. The molecule has 1 fully saturated rings. The van der Waals surface area contributed by atoms with Crippen molar-refractivity contribution >= 4 is 28.2 Å². The number of hydrogen-bond donors (Lipinski definition) is 1. The van der Waals surface area contributed by atoms with Crippen LogP contribution in [0.3, 0.4) is 0 Å². The predicted octanol–water partition coefficient (Wildman–Crippen LogP) is 5.50. The smallest absolute Gasteiger partial charge is 0.224 e. The van der Waals surface area contributed by atoms with Gasteiger partial charge in [0.2, 0.25) is 5.91 Å². The number of carbonyl (C=O) groups is 1. The fraction of sp³-hybridized carbons (Fsp3) is 0.385. The fourth-order valence-corrected chi connectivity index (χ4v) is 5.03. The Bertz CT molecular complexity index is 1060. The second kappa shape index (κ2) is 8.47. The first kappa shape index (κ1) is 19.1. The maximum absolute atomic E-state index is 12.5. The number of fused-ring (bicyclic) bond motifs is 2. The lowest BCUT2D eigenvalue weighted by Gasteiger charge is -2.33. The van der Waals surface area contributed by atoms with Gasteiger partial charge in [-0.15, -0.1) is 0 Å². The van der Waals surface area contributed by atoms with Gasteiger partial charge >= 0.3 is 0 Å². The number of anilines is 2. The van der Waals surface area contributed by atoms with E-state index in [-0.39, 0.29) is 5.91 Å². The van der Waals surface area contributed by atoms with E-state index >= 15 is 0 Å². The Morgan fingerprint density at radius 3 is 2.83 bits per heavy atom. The number of pyridine rings is 1. The van der Waals surface area contributed by atoms with Gasteiger partial charge in [-0.1, -0.05) is 49.6 Å². The molecule has 1 aromatic heterocycles. The zero-order chi connectivity index (χ0) is 20.3. The van der Waals surface area contributed by atoms with Crippen LogP contribution in [0.1, 0.15) is 49.7 Å². The van der Waals surface area contributed by atoms with Crippen molar-refractivity contribution in [3.63, 3.8) is 0 Å². The summed E-state index contributed by atoms with van der Waals surface area (Å²) in [7, 11) is 0. The fourth-order valence-electron chi connectivity index (χ4n) is 5.03. The minimum atomic E-state index is 0.0383. The lowest BCUT2D eigenvalue weighted by molar-refractivity contribution is -0.116. The van der Waals surface area contributed by atoms with E-state index in [0.717, 1.165) is 42.0 Å². The van der Waals surface area contributed by atoms with Crippen LogP contribution in [0.15, 0.2) is 54.7 Å². The summed E-state index contributed by atoms with van der Waals surface area (Å²) < 4.78 is 0. The van der Waals surface area contributed by atoms with Crippen LogP contribution in [0.5, 0.6) is 0 Å². The van der Waals surface area contributed by atoms with Crippen LogP contribution in [-0.4, -0.2) is 23.5 Å². The molecule has 1 N–H and O–H groups in total. The molecular formula is C26H29N3O. The third-order valence-corrected chi connectivity index (χ3v) is 6.61. The molecule has 3 aromatic rings. The summed E-state index contributed by atoms with van der Waals surface area (Å²) in [6.07, 6.45) is 10.9. The second-order valence-electron chi connectivity index (χ2n) is 8.66. The van der Waals surface area contributed by atoms with Gasteiger partial charge in [-0.3, -0.25) is 9.78 Å². The lowest BCUT2D eigenvalue weighted by atomic mass is 9.94. The maximum Gasteiger partial charge on any atom is 0.224 e. The van der Waals surface area contributed by atoms with Gasteiger partial charge in [0.15, 0.2) is 0 Å². The van der Waals surface area contributed by atoms with E-state index in [0.29, 0.717) is 6.42 Å². The van der Waals surface area contributed by atoms with Gasteiger partial charge in [0, 0.05) is 30.1 Å². The van der Waals surface area contributed by atoms with Crippen LogP contribution >= 0.6 is 0 Å². The first-order valence-electron chi connectivity index (χ1n) is 11.3. The summed E-state index contributed by atoms with van der Waals surface area (Å²) in [4.78, 5) is 19.5. The minimum absolute atomic E-state index is 0.0383. The van der Waals surface area contributed by atoms with Crippen molar-refractivity contribution in [3.05, 3.63) is 65.9 Å². The molecule has 1 aliphatic heterocycles. The van der Waals surface area contributed by atoms with Crippen LogP contribution in [0, 0.1) is 0 Å². The molecular weight excluding hydrogens is 370 g/mol. The van der Waals surface area contributed by atoms with Crippen LogP contribution in [-0.2, 0) is 17.6 Å². The first-order valence-corrected chi connectivity index (χ1v) is 11.3. The molecule has 5 rings (SSSR count). The molecule has 1 amide bonds. The van der Waals surface area contributed by atoms with E-state index in [1.807, 2.05) is 30.3 Å². The van der Waals surface area contributed by atoms with Crippen LogP contribution < -0.4 is 10.2 Å². The van der Waals surface area contributed by atoms with Gasteiger partial charge in [0.25, 0.3) is 0 Å². The highest BCUT2D eigenvalue weighted by molar-refractivity contribution is 5.93. The van der Waals surface area contributed by atoms with E-state index in [9.17, 15) is 4.79 Å². The van der Waals surface area contributed by atoms with Crippen LogP contribution in [0.2, 0.25) is 0 Å². The highest BCUT2D eigenvalue weighted by atomic mass is 16.1. The van der Waals surface area contributed by atoms with E-state index in [2.05, 4.69) is 33.4 Å². The van der Waals surface area contributed by atoms with Crippen molar-refractivity contribution in [1.29, 1.82) is 0 Å². The van der Waals surface area contributed by atoms with E-state index in [1.165, 1.54) is 48.9 Å². The highest BCUT2D eigenvalue weighted by Gasteiger charge is 2.27. The topological polar surface area (TPSA) is 45.2 Å². The van der Waals surface area contributed by atoms with Crippen LogP contribution in [0.4, 0.5) is 11.4 Å². The third kappa shape index (κ3) is 4.04. The molecule has 0 bridgehead atoms. The molecule has 2 aliphatic rings. The van der Waals surface area contributed by atoms with Gasteiger partial charge in [-0.25, -0.2) is 0 Å². The van der Waals surface area contributed by atoms with Crippen LogP contribution in [0.25, 0.3) is 10.9 Å². The molecule has 4 nitrogen and oxygen atoms in total. The maximum atomic E-state index is 12.5. The molecule has 0 saturated heterocycles. The largest absolute Gasteiger partial charge is 0.368 e. The quantitative estimate of drug-likeness (QED) is 0.616. The molecule has 1 saturated carbocycles. The number of aryl methyl sites for hydroxylation is 1. The number of benzene rings is 2. The van der Waals surface area contributed by atoms with Crippen molar-refractivity contribution in [1.82, 2.24) is 4.98 Å². The molecule has 0 spiro atoms. The average Bonchev–Trinajstić information content (AvgIpc) is 3.21. The summed E-state index contributed by atoms with van der Waals surface area (Å²) in [5.41, 5.74) is 5.84. The number of nitrogens with one attached hydrogen (secondary N) is 1. The molecule has 0 radical (unpaired) electrons. The highest BCUT2D eigenvalue weighted by Crippen LogP contribution is 2.35. The molecule has 30 heavy (non-hydrogen) atoms. The van der Waals surface area contributed by atoms with Crippen molar-refractivity contribution < 1.29 is 4.79 Å². The van der Waals surface area contributed by atoms with Gasteiger partial charge in [-0.2, -0.15) is 0 Å². The normalized spacial score (nSPS) is 16.6. The molecule has 2 heterocycles. The summed E-state index contributed by atoms with van der Waals surface area (Å²) in [6, 6.07) is 17.5. The number of carbonyl (C=O) groups excluding carboxylic acids is 1. The number of rotatable bonds is 5. The lowest BCUT2D eigenvalue weighted by Crippen LogP contribution is -2.35. The molecule has 4 heteroatoms. The Kier molecular flexibility index (Phi) is 5.39. The molecule has 2 aromatic carbocycles. The van der Waals surface area contributed by atoms with E-state index in [1.54, 1.807) is 6.20 Å². The van der Waals surface area contributed by atoms with Crippen molar-refractivity contribution in [2.75, 3.05) is 16.8 Å². The Hall–Kier alpha value is -2.88. The summed E-state index contributed by atoms with van der Waals surface area (Å²) in [5, 5.41) is 4.04. The summed E-state index contributed by atoms with van der Waals surface area (Å²) in [6.45, 7) is 1.15. The number of amides is 1. The standard InChI is InChI=1S/C26H29N3O/c30-26(28-22-17-20-6-4-5-9-24(20)27-18-22)13-11-19-10-12-25-21(16-19)14-15-29(25)23-7-2-1-3-8-23/h4-6,9-10,12,16-18,23H,1-3,7-8,11,13-15H2,(H,28,30). The van der Waals surface area contributed by atoms with Crippen molar-refractivity contribution in [2.45, 2.75) is 57.4 Å². The van der Waals surface area contributed by atoms with Crippen molar-refractivity contribution in [3.8, 4) is 0 Å². The Morgan fingerprint density at radius 2 is 1.93 bits per heavy atom. The zero-order valence-electron chi connectivity index (χ0n) is 17.4. The number of nitrogens with zero attached hydrogens (tertiary/aromatic N) is 2. The average molecular weight is 400 g/mol. The molecule has 0 atom stereocenters. The molecule has 1 aliphatic carbocycles. The number of para-hydroxylation sites is 1. The van der Waals surface area contributed by atoms with Gasteiger partial charge < -0.3 is 10.2 Å². The third-order valence-electron chi connectivity index (χ3n) is 6.61. The Balaban J connectivity index is 1.19. The van der Waals surface area contributed by atoms with E-state index in [4.69, 9.17) is 0 Å². The monoisotopic (exact) mass is 399 g/mol. The zero-order valence-corrected chi connectivity index (χ0v) is 17.4. The van der Waals surface area contributed by atoms with Gasteiger partial charge in [0.1, 0.15) is 0 Å². The molecule has 0 unspecified atom stereocenters. The number of aromatic nitrogens is 1. The minimum Gasteiger partial charge on any atom is -0.368 e. The SMILES string of the molecule is O=C(CCc1ccc2c(c1)CCN2C1CCCCC1)Nc1cnc2ccccc2c1. The van der Waals surface area contributed by atoms with Crippen molar-refractivity contribution in [2.24, 2.45) is 0 Å². The van der Waals surface area contributed by atoms with E-state index < -0.39 is 0 Å². The first-order chi connectivity index (χ1) is 14.8. The molecule has 154 valence electrons. The Morgan fingerprint density at radius 1 is 1.07 bits per heavy atom. The van der Waals surface area contributed by atoms with Gasteiger partial charge in [0.05, 0.1) is 17.4 Å².